The number of hydrogen-bond acceptors (Lipinski definition) is 3. The molecular weight excluding hydrogens is 213 g/mol. The van der Waals surface area contributed by atoms with Gasteiger partial charge in [0.2, 0.25) is 0 Å². The van der Waals surface area contributed by atoms with Crippen LogP contribution in [0.15, 0.2) is 0 Å². The van der Waals surface area contributed by atoms with Gasteiger partial charge in [0.25, 0.3) is 0 Å². The molecule has 0 radical (unpaired) electrons. The molecule has 0 spiro atoms. The summed E-state index contributed by atoms with van der Waals surface area (Å²) in [6, 6.07) is -0.0807. The largest absolute Gasteiger partial charge is 0.471 e. The van der Waals surface area contributed by atoms with Crippen LogP contribution in [-0.2, 0) is 4.79 Å². The van der Waals surface area contributed by atoms with Crippen LogP contribution >= 0.6 is 0 Å². The Morgan fingerprint density at radius 2 is 2.07 bits per heavy atom. The summed E-state index contributed by atoms with van der Waals surface area (Å²) in [4.78, 5) is 11.4. The van der Waals surface area contributed by atoms with Crippen molar-refractivity contribution in [3.63, 3.8) is 0 Å². The van der Waals surface area contributed by atoms with E-state index < -0.39 is 12.1 Å². The first kappa shape index (κ1) is 12.3. The van der Waals surface area contributed by atoms with Crippen LogP contribution in [-0.4, -0.2) is 54.4 Å². The Balaban J connectivity index is 2.17. The first-order valence-corrected chi connectivity index (χ1v) is 4.65. The average molecular weight is 226 g/mol. The van der Waals surface area contributed by atoms with Crippen molar-refractivity contribution in [1.82, 2.24) is 10.2 Å². The van der Waals surface area contributed by atoms with Crippen LogP contribution in [0, 0.1) is 0 Å². The Kier molecular flexibility index (Phi) is 3.92. The Morgan fingerprint density at radius 3 is 2.53 bits per heavy atom. The third kappa shape index (κ3) is 3.35. The molecule has 1 aliphatic rings. The van der Waals surface area contributed by atoms with Crippen LogP contribution in [0.1, 0.15) is 6.42 Å². The summed E-state index contributed by atoms with van der Waals surface area (Å²) in [5, 5.41) is 11.4. The summed E-state index contributed by atoms with van der Waals surface area (Å²) in [6.07, 6.45) is -4.21. The van der Waals surface area contributed by atoms with E-state index in [4.69, 9.17) is 5.11 Å². The number of rotatable bonds is 4. The summed E-state index contributed by atoms with van der Waals surface area (Å²) in [6.45, 7) is 0.772. The lowest BCUT2D eigenvalue weighted by Gasteiger charge is -2.39. The standard InChI is InChI=1S/C8H13F3N2O2/c9-8(10,11)7(15)13-4-6(5-13)12-2-1-3-14/h6,12,14H,1-5H2. The summed E-state index contributed by atoms with van der Waals surface area (Å²) in [5.74, 6) is -1.78. The van der Waals surface area contributed by atoms with Crippen LogP contribution in [0.25, 0.3) is 0 Å². The van der Waals surface area contributed by atoms with E-state index in [0.717, 1.165) is 4.90 Å². The Labute approximate surface area is 85.1 Å². The van der Waals surface area contributed by atoms with Crippen LogP contribution in [0.2, 0.25) is 0 Å². The number of carbonyl (C=O) groups excluding carboxylic acids is 1. The van der Waals surface area contributed by atoms with E-state index >= 15 is 0 Å². The Morgan fingerprint density at radius 1 is 1.47 bits per heavy atom. The van der Waals surface area contributed by atoms with Gasteiger partial charge in [-0.3, -0.25) is 4.79 Å². The molecule has 0 aromatic rings. The van der Waals surface area contributed by atoms with Crippen molar-refractivity contribution in [3.05, 3.63) is 0 Å². The van der Waals surface area contributed by atoms with Gasteiger partial charge in [-0.1, -0.05) is 0 Å². The van der Waals surface area contributed by atoms with E-state index in [1.54, 1.807) is 0 Å². The molecule has 1 saturated heterocycles. The van der Waals surface area contributed by atoms with Crippen molar-refractivity contribution in [2.24, 2.45) is 0 Å². The Bertz CT molecular complexity index is 226. The molecule has 88 valence electrons. The molecule has 1 fully saturated rings. The molecule has 4 nitrogen and oxygen atoms in total. The lowest BCUT2D eigenvalue weighted by molar-refractivity contribution is -0.190. The second kappa shape index (κ2) is 4.80. The lowest BCUT2D eigenvalue weighted by Crippen LogP contribution is -2.62. The van der Waals surface area contributed by atoms with E-state index in [2.05, 4.69) is 5.32 Å². The number of nitrogens with one attached hydrogen (secondary N) is 1. The molecule has 0 aromatic heterocycles. The molecule has 7 heteroatoms. The summed E-state index contributed by atoms with van der Waals surface area (Å²) >= 11 is 0. The van der Waals surface area contributed by atoms with Gasteiger partial charge in [-0.05, 0) is 13.0 Å². The number of carbonyl (C=O) groups is 1. The number of hydrogen-bond donors (Lipinski definition) is 2. The fourth-order valence-electron chi connectivity index (χ4n) is 1.34. The van der Waals surface area contributed by atoms with E-state index in [0.29, 0.717) is 13.0 Å². The lowest BCUT2D eigenvalue weighted by atomic mass is 10.1. The van der Waals surface area contributed by atoms with Gasteiger partial charge in [-0.25, -0.2) is 0 Å². The quantitative estimate of drug-likeness (QED) is 0.649. The SMILES string of the molecule is O=C(N1CC(NCCCO)C1)C(F)(F)F. The second-order valence-electron chi connectivity index (χ2n) is 3.44. The number of alkyl halides is 3. The van der Waals surface area contributed by atoms with Gasteiger partial charge in [0, 0.05) is 25.7 Å². The van der Waals surface area contributed by atoms with Crippen LogP contribution in [0.5, 0.6) is 0 Å². The monoisotopic (exact) mass is 226 g/mol. The van der Waals surface area contributed by atoms with Gasteiger partial charge in [0.15, 0.2) is 0 Å². The van der Waals surface area contributed by atoms with Gasteiger partial charge in [0.05, 0.1) is 0 Å². The van der Waals surface area contributed by atoms with E-state index in [1.165, 1.54) is 0 Å². The van der Waals surface area contributed by atoms with E-state index in [1.807, 2.05) is 0 Å². The summed E-state index contributed by atoms with van der Waals surface area (Å²) < 4.78 is 35.7. The zero-order chi connectivity index (χ0) is 11.5. The third-order valence-electron chi connectivity index (χ3n) is 2.18. The zero-order valence-electron chi connectivity index (χ0n) is 8.05. The molecule has 2 N–H and O–H groups in total. The summed E-state index contributed by atoms with van der Waals surface area (Å²) in [5.41, 5.74) is 0. The van der Waals surface area contributed by atoms with Crippen LogP contribution in [0.3, 0.4) is 0 Å². The van der Waals surface area contributed by atoms with Crippen molar-refractivity contribution >= 4 is 5.91 Å². The normalized spacial score (nSPS) is 17.7. The van der Waals surface area contributed by atoms with Crippen molar-refractivity contribution in [2.45, 2.75) is 18.6 Å². The number of likely N-dealkylation sites (tertiary alicyclic amines) is 1. The van der Waals surface area contributed by atoms with Gasteiger partial charge >= 0.3 is 12.1 Å². The predicted octanol–water partition coefficient (Wildman–Crippen LogP) is -0.269. The molecule has 1 rings (SSSR count). The Hall–Kier alpha value is -0.820. The van der Waals surface area contributed by atoms with Gasteiger partial charge in [0.1, 0.15) is 0 Å². The number of nitrogens with zero attached hydrogens (tertiary/aromatic N) is 1. The third-order valence-corrected chi connectivity index (χ3v) is 2.18. The minimum Gasteiger partial charge on any atom is -0.396 e. The smallest absolute Gasteiger partial charge is 0.396 e. The molecule has 1 heterocycles. The minimum atomic E-state index is -4.77. The van der Waals surface area contributed by atoms with Gasteiger partial charge in [-0.2, -0.15) is 13.2 Å². The molecule has 15 heavy (non-hydrogen) atoms. The topological polar surface area (TPSA) is 52.6 Å². The maximum Gasteiger partial charge on any atom is 0.471 e. The summed E-state index contributed by atoms with van der Waals surface area (Å²) in [7, 11) is 0. The molecule has 1 aliphatic heterocycles. The molecule has 0 saturated carbocycles. The highest BCUT2D eigenvalue weighted by atomic mass is 19.4. The molecule has 0 atom stereocenters. The molecule has 0 unspecified atom stereocenters. The molecule has 0 bridgehead atoms. The minimum absolute atomic E-state index is 0.0465. The van der Waals surface area contributed by atoms with Gasteiger partial charge in [-0.15, -0.1) is 0 Å². The van der Waals surface area contributed by atoms with E-state index in [-0.39, 0.29) is 25.7 Å². The highest BCUT2D eigenvalue weighted by Gasteiger charge is 2.46. The number of aliphatic hydroxyl groups excluding tert-OH is 1. The van der Waals surface area contributed by atoms with Crippen molar-refractivity contribution in [2.75, 3.05) is 26.2 Å². The fourth-order valence-corrected chi connectivity index (χ4v) is 1.34. The van der Waals surface area contributed by atoms with Crippen molar-refractivity contribution < 1.29 is 23.1 Å². The van der Waals surface area contributed by atoms with Crippen LogP contribution in [0.4, 0.5) is 13.2 Å². The number of halogens is 3. The fraction of sp³-hybridized carbons (Fsp3) is 0.875. The molecule has 1 amide bonds. The zero-order valence-corrected chi connectivity index (χ0v) is 8.05. The maximum atomic E-state index is 11.9. The number of aliphatic hydroxyl groups is 1. The first-order chi connectivity index (χ1) is 6.95. The molecular formula is C8H13F3N2O2. The van der Waals surface area contributed by atoms with Crippen LogP contribution < -0.4 is 5.32 Å². The highest BCUT2D eigenvalue weighted by Crippen LogP contribution is 2.21. The van der Waals surface area contributed by atoms with Crippen molar-refractivity contribution in [3.8, 4) is 0 Å². The van der Waals surface area contributed by atoms with E-state index in [9.17, 15) is 18.0 Å². The maximum absolute atomic E-state index is 11.9. The number of amides is 1. The second-order valence-corrected chi connectivity index (χ2v) is 3.44. The molecule has 0 aliphatic carbocycles. The highest BCUT2D eigenvalue weighted by molar-refractivity contribution is 5.82. The first-order valence-electron chi connectivity index (χ1n) is 4.65. The van der Waals surface area contributed by atoms with Gasteiger partial charge < -0.3 is 15.3 Å². The molecule has 0 aromatic carbocycles. The van der Waals surface area contributed by atoms with Crippen molar-refractivity contribution in [1.29, 1.82) is 0 Å². The predicted molar refractivity (Wildman–Crippen MR) is 46.1 cm³/mol. The average Bonchev–Trinajstić information content (AvgIpc) is 2.06.